The average Bonchev–Trinajstić information content (AvgIpc) is 2.79. The van der Waals surface area contributed by atoms with Crippen molar-refractivity contribution in [1.29, 1.82) is 0 Å². The molecule has 1 amide bonds. The van der Waals surface area contributed by atoms with E-state index in [1.165, 1.54) is 17.5 Å². The van der Waals surface area contributed by atoms with E-state index in [1.54, 1.807) is 6.07 Å². The van der Waals surface area contributed by atoms with Gasteiger partial charge in [0.15, 0.2) is 0 Å². The third kappa shape index (κ3) is 5.36. The van der Waals surface area contributed by atoms with E-state index >= 15 is 0 Å². The molecule has 2 aromatic carbocycles. The van der Waals surface area contributed by atoms with Crippen LogP contribution >= 0.6 is 0 Å². The van der Waals surface area contributed by atoms with E-state index in [2.05, 4.69) is 4.72 Å². The van der Waals surface area contributed by atoms with Crippen molar-refractivity contribution < 1.29 is 13.2 Å². The van der Waals surface area contributed by atoms with Crippen LogP contribution in [0.4, 0.5) is 0 Å². The first-order chi connectivity index (χ1) is 14.9. The lowest BCUT2D eigenvalue weighted by molar-refractivity contribution is 0.0687. The highest BCUT2D eigenvalue weighted by molar-refractivity contribution is 7.89. The highest BCUT2D eigenvalue weighted by Crippen LogP contribution is 2.25. The van der Waals surface area contributed by atoms with E-state index in [1.807, 2.05) is 48.2 Å². The molecular formula is C25H32N2O3S. The maximum absolute atomic E-state index is 12.7. The van der Waals surface area contributed by atoms with Gasteiger partial charge in [0.05, 0.1) is 4.90 Å². The molecular weight excluding hydrogens is 408 g/mol. The predicted octanol–water partition coefficient (Wildman–Crippen LogP) is 4.09. The van der Waals surface area contributed by atoms with Gasteiger partial charge in [-0.25, -0.2) is 13.1 Å². The minimum atomic E-state index is -3.47. The molecule has 1 heterocycles. The Morgan fingerprint density at radius 2 is 1.68 bits per heavy atom. The third-order valence-electron chi connectivity index (χ3n) is 6.68. The van der Waals surface area contributed by atoms with Crippen LogP contribution in [-0.4, -0.2) is 38.9 Å². The van der Waals surface area contributed by atoms with Gasteiger partial charge in [0.1, 0.15) is 0 Å². The molecule has 1 fully saturated rings. The average molecular weight is 441 g/mol. The molecule has 1 aliphatic carbocycles. The fraction of sp³-hybridized carbons (Fsp3) is 0.480. The van der Waals surface area contributed by atoms with Gasteiger partial charge in [0, 0.05) is 25.2 Å². The second-order valence-electron chi connectivity index (χ2n) is 8.93. The summed E-state index contributed by atoms with van der Waals surface area (Å²) >= 11 is 0. The van der Waals surface area contributed by atoms with Crippen LogP contribution in [0.5, 0.6) is 0 Å². The molecule has 1 saturated heterocycles. The SMILES string of the molecule is Cc1ccc(C(=O)N2CCC(CCNS(=O)(=O)c3ccc4c(c3)CCCC4)CC2)cc1. The molecule has 0 unspecified atom stereocenters. The van der Waals surface area contributed by atoms with Crippen LogP contribution in [0.25, 0.3) is 0 Å². The Kier molecular flexibility index (Phi) is 6.77. The van der Waals surface area contributed by atoms with Crippen LogP contribution in [0.2, 0.25) is 0 Å². The number of aryl methyl sites for hydroxylation is 3. The van der Waals surface area contributed by atoms with E-state index in [9.17, 15) is 13.2 Å². The van der Waals surface area contributed by atoms with Crippen LogP contribution in [-0.2, 0) is 22.9 Å². The first kappa shape index (κ1) is 22.0. The number of fused-ring (bicyclic) bond motifs is 1. The van der Waals surface area contributed by atoms with Gasteiger partial charge in [-0.2, -0.15) is 0 Å². The Hall–Kier alpha value is -2.18. The van der Waals surface area contributed by atoms with Crippen molar-refractivity contribution in [2.75, 3.05) is 19.6 Å². The van der Waals surface area contributed by atoms with Crippen molar-refractivity contribution >= 4 is 15.9 Å². The van der Waals surface area contributed by atoms with Gasteiger partial charge in [-0.3, -0.25) is 4.79 Å². The van der Waals surface area contributed by atoms with Gasteiger partial charge in [0.2, 0.25) is 10.0 Å². The summed E-state index contributed by atoms with van der Waals surface area (Å²) in [5.41, 5.74) is 4.35. The monoisotopic (exact) mass is 440 g/mol. The highest BCUT2D eigenvalue weighted by atomic mass is 32.2. The van der Waals surface area contributed by atoms with E-state index in [0.717, 1.165) is 62.7 Å². The number of carbonyl (C=O) groups excluding carboxylic acids is 1. The van der Waals surface area contributed by atoms with Crippen molar-refractivity contribution in [3.8, 4) is 0 Å². The van der Waals surface area contributed by atoms with Crippen molar-refractivity contribution in [3.63, 3.8) is 0 Å². The molecule has 0 atom stereocenters. The lowest BCUT2D eigenvalue weighted by Gasteiger charge is -2.32. The van der Waals surface area contributed by atoms with Crippen molar-refractivity contribution in [2.45, 2.75) is 56.8 Å². The normalized spacial score (nSPS) is 17.4. The molecule has 0 aromatic heterocycles. The van der Waals surface area contributed by atoms with Crippen LogP contribution < -0.4 is 4.72 Å². The topological polar surface area (TPSA) is 66.5 Å². The maximum atomic E-state index is 12.7. The molecule has 5 nitrogen and oxygen atoms in total. The zero-order valence-electron chi connectivity index (χ0n) is 18.3. The number of piperidine rings is 1. The summed E-state index contributed by atoms with van der Waals surface area (Å²) in [5.74, 6) is 0.528. The molecule has 1 aliphatic heterocycles. The molecule has 31 heavy (non-hydrogen) atoms. The second-order valence-corrected chi connectivity index (χ2v) is 10.7. The van der Waals surface area contributed by atoms with Crippen molar-refractivity contribution in [2.24, 2.45) is 5.92 Å². The number of amides is 1. The van der Waals surface area contributed by atoms with E-state index < -0.39 is 10.0 Å². The lowest BCUT2D eigenvalue weighted by atomic mass is 9.92. The Bertz CT molecular complexity index is 1020. The first-order valence-electron chi connectivity index (χ1n) is 11.4. The fourth-order valence-electron chi connectivity index (χ4n) is 4.66. The number of sulfonamides is 1. The molecule has 0 saturated carbocycles. The number of hydrogen-bond donors (Lipinski definition) is 1. The van der Waals surface area contributed by atoms with Crippen molar-refractivity contribution in [1.82, 2.24) is 9.62 Å². The van der Waals surface area contributed by atoms with Gasteiger partial charge < -0.3 is 4.90 Å². The predicted molar refractivity (Wildman–Crippen MR) is 123 cm³/mol. The number of nitrogens with one attached hydrogen (secondary N) is 1. The number of likely N-dealkylation sites (tertiary alicyclic amines) is 1. The minimum Gasteiger partial charge on any atom is -0.339 e. The van der Waals surface area contributed by atoms with Crippen LogP contribution in [0.3, 0.4) is 0 Å². The van der Waals surface area contributed by atoms with E-state index in [-0.39, 0.29) is 5.91 Å². The lowest BCUT2D eigenvalue weighted by Crippen LogP contribution is -2.39. The van der Waals surface area contributed by atoms with Gasteiger partial charge in [-0.05, 0) is 93.2 Å². The summed E-state index contributed by atoms with van der Waals surface area (Å²) in [4.78, 5) is 15.0. The number of hydrogen-bond acceptors (Lipinski definition) is 3. The fourth-order valence-corrected chi connectivity index (χ4v) is 5.76. The summed E-state index contributed by atoms with van der Waals surface area (Å²) in [5, 5.41) is 0. The molecule has 2 aromatic rings. The molecule has 6 heteroatoms. The minimum absolute atomic E-state index is 0.0894. The molecule has 166 valence electrons. The Morgan fingerprint density at radius 3 is 2.39 bits per heavy atom. The standard InChI is InChI=1S/C25H32N2O3S/c1-19-6-8-22(9-7-19)25(28)27-16-13-20(14-17-27)12-15-26-31(29,30)24-11-10-21-4-2-3-5-23(21)18-24/h6-11,18,20,26H,2-5,12-17H2,1H3. The van der Waals surface area contributed by atoms with Gasteiger partial charge in [-0.1, -0.05) is 23.8 Å². The quantitative estimate of drug-likeness (QED) is 0.736. The van der Waals surface area contributed by atoms with E-state index in [0.29, 0.717) is 17.4 Å². The highest BCUT2D eigenvalue weighted by Gasteiger charge is 2.24. The first-order valence-corrected chi connectivity index (χ1v) is 12.9. The Balaban J connectivity index is 1.25. The van der Waals surface area contributed by atoms with Gasteiger partial charge in [0.25, 0.3) is 5.91 Å². The molecule has 0 spiro atoms. The van der Waals surface area contributed by atoms with Gasteiger partial charge in [-0.15, -0.1) is 0 Å². The molecule has 1 N–H and O–H groups in total. The summed E-state index contributed by atoms with van der Waals surface area (Å²) in [6.07, 6.45) is 6.97. The molecule has 0 radical (unpaired) electrons. The number of nitrogens with zero attached hydrogens (tertiary/aromatic N) is 1. The number of rotatable bonds is 6. The summed E-state index contributed by atoms with van der Waals surface area (Å²) < 4.78 is 28.2. The number of benzene rings is 2. The Morgan fingerprint density at radius 1 is 1.00 bits per heavy atom. The van der Waals surface area contributed by atoms with Crippen molar-refractivity contribution in [3.05, 3.63) is 64.7 Å². The maximum Gasteiger partial charge on any atom is 0.253 e. The van der Waals surface area contributed by atoms with E-state index in [4.69, 9.17) is 0 Å². The van der Waals surface area contributed by atoms with Crippen LogP contribution in [0.15, 0.2) is 47.4 Å². The smallest absolute Gasteiger partial charge is 0.253 e. The zero-order chi connectivity index (χ0) is 21.8. The molecule has 2 aliphatic rings. The second kappa shape index (κ2) is 9.53. The third-order valence-corrected chi connectivity index (χ3v) is 8.13. The summed E-state index contributed by atoms with van der Waals surface area (Å²) in [6, 6.07) is 13.3. The summed E-state index contributed by atoms with van der Waals surface area (Å²) in [6.45, 7) is 3.92. The molecule has 4 rings (SSSR count). The Labute approximate surface area is 185 Å². The molecule has 0 bridgehead atoms. The van der Waals surface area contributed by atoms with Crippen LogP contribution in [0.1, 0.15) is 59.2 Å². The zero-order valence-corrected chi connectivity index (χ0v) is 19.1. The summed E-state index contributed by atoms with van der Waals surface area (Å²) in [7, 11) is -3.47. The van der Waals surface area contributed by atoms with Gasteiger partial charge >= 0.3 is 0 Å². The van der Waals surface area contributed by atoms with Crippen LogP contribution in [0, 0.1) is 12.8 Å². The largest absolute Gasteiger partial charge is 0.339 e. The number of carbonyl (C=O) groups is 1.